The molecule has 2 saturated heterocycles. The average molecular weight is 657 g/mol. The highest BCUT2D eigenvalue weighted by atomic mass is 35.5. The SMILES string of the molecule is Cc1cc(C2C3=CCC4C(=O)N(c5cccc(C(=O)O)c5)C(=O)C4C3CC3C(=O)N(c4ccc(F)c(Cl)c4)C(=O)C32C)cc(C)c1O. The second-order valence-corrected chi connectivity index (χ2v) is 13.5. The van der Waals surface area contributed by atoms with Crippen LogP contribution in [0.25, 0.3) is 0 Å². The van der Waals surface area contributed by atoms with Gasteiger partial charge in [-0.15, -0.1) is 0 Å². The van der Waals surface area contributed by atoms with Gasteiger partial charge in [0.05, 0.1) is 45.1 Å². The first kappa shape index (κ1) is 30.8. The number of halogens is 2. The predicted octanol–water partition coefficient (Wildman–Crippen LogP) is 5.94. The summed E-state index contributed by atoms with van der Waals surface area (Å²) in [7, 11) is 0. The molecule has 9 nitrogen and oxygen atoms in total. The van der Waals surface area contributed by atoms with Crippen molar-refractivity contribution in [2.45, 2.75) is 39.5 Å². The van der Waals surface area contributed by atoms with Gasteiger partial charge in [0.1, 0.15) is 11.6 Å². The quantitative estimate of drug-likeness (QED) is 0.263. The number of aromatic carboxylic acids is 1. The van der Waals surface area contributed by atoms with Crippen molar-refractivity contribution < 1.29 is 38.6 Å². The maximum absolute atomic E-state index is 14.5. The zero-order valence-electron chi connectivity index (χ0n) is 25.7. The Morgan fingerprint density at radius 3 is 2.26 bits per heavy atom. The van der Waals surface area contributed by atoms with Crippen LogP contribution in [0.4, 0.5) is 15.8 Å². The first-order valence-electron chi connectivity index (χ1n) is 15.3. The van der Waals surface area contributed by atoms with Crippen molar-refractivity contribution >= 4 is 52.6 Å². The molecule has 7 rings (SSSR count). The van der Waals surface area contributed by atoms with Crippen molar-refractivity contribution in [3.8, 4) is 5.75 Å². The predicted molar refractivity (Wildman–Crippen MR) is 170 cm³/mol. The Morgan fingerprint density at radius 1 is 0.915 bits per heavy atom. The summed E-state index contributed by atoms with van der Waals surface area (Å²) in [5.41, 5.74) is 1.48. The van der Waals surface area contributed by atoms with Gasteiger partial charge in [0, 0.05) is 5.92 Å². The molecule has 0 spiro atoms. The zero-order valence-corrected chi connectivity index (χ0v) is 26.4. The molecule has 4 amide bonds. The van der Waals surface area contributed by atoms with Crippen LogP contribution in [-0.2, 0) is 19.2 Å². The number of hydrogen-bond acceptors (Lipinski definition) is 6. The number of rotatable bonds is 4. The minimum atomic E-state index is -1.33. The van der Waals surface area contributed by atoms with Crippen LogP contribution in [-0.4, -0.2) is 39.8 Å². The van der Waals surface area contributed by atoms with E-state index in [2.05, 4.69) is 0 Å². The minimum Gasteiger partial charge on any atom is -0.507 e. The third-order valence-electron chi connectivity index (χ3n) is 10.6. The van der Waals surface area contributed by atoms with E-state index < -0.39 is 70.4 Å². The van der Waals surface area contributed by atoms with E-state index in [1.165, 1.54) is 36.4 Å². The molecule has 3 fully saturated rings. The lowest BCUT2D eigenvalue weighted by Crippen LogP contribution is -2.49. The molecule has 11 heteroatoms. The van der Waals surface area contributed by atoms with Crippen LogP contribution in [0.1, 0.15) is 52.7 Å². The molecule has 47 heavy (non-hydrogen) atoms. The van der Waals surface area contributed by atoms with Crippen LogP contribution in [0.5, 0.6) is 5.75 Å². The molecule has 6 unspecified atom stereocenters. The van der Waals surface area contributed by atoms with E-state index in [9.17, 15) is 38.6 Å². The van der Waals surface area contributed by atoms with Crippen LogP contribution in [0.2, 0.25) is 5.02 Å². The number of benzene rings is 3. The number of nitrogens with zero attached hydrogens (tertiary/aromatic N) is 2. The number of aromatic hydroxyl groups is 1. The Balaban J connectivity index is 1.37. The Labute approximate surface area is 274 Å². The lowest BCUT2D eigenvalue weighted by Gasteiger charge is -2.49. The van der Waals surface area contributed by atoms with Gasteiger partial charge in [-0.05, 0) is 92.6 Å². The smallest absolute Gasteiger partial charge is 0.335 e. The molecule has 0 bridgehead atoms. The summed E-state index contributed by atoms with van der Waals surface area (Å²) in [6.45, 7) is 5.22. The van der Waals surface area contributed by atoms with Gasteiger partial charge in [-0.3, -0.25) is 24.1 Å². The van der Waals surface area contributed by atoms with E-state index in [0.717, 1.165) is 21.4 Å². The average Bonchev–Trinajstić information content (AvgIpc) is 3.40. The van der Waals surface area contributed by atoms with Crippen LogP contribution in [0.15, 0.2) is 66.2 Å². The van der Waals surface area contributed by atoms with Crippen molar-refractivity contribution in [3.05, 3.63) is 99.3 Å². The molecule has 2 N–H and O–H groups in total. The lowest BCUT2D eigenvalue weighted by molar-refractivity contribution is -0.131. The fourth-order valence-corrected chi connectivity index (χ4v) is 8.63. The largest absolute Gasteiger partial charge is 0.507 e. The lowest BCUT2D eigenvalue weighted by atomic mass is 9.51. The number of aryl methyl sites for hydroxylation is 2. The standard InChI is InChI=1S/C36H30ClFN2O7/c1-16-11-19(12-17(2)30(16)41)29-22-8-9-23-28(33(44)39(31(23)42)20-6-4-5-18(13-20)34(45)46)24(22)15-25-32(43)40(35(47)36(25,29)3)21-7-10-27(38)26(37)14-21/h4-8,10-14,23-25,28-29,41H,9,15H2,1-3H3,(H,45,46). The number of amides is 4. The summed E-state index contributed by atoms with van der Waals surface area (Å²) in [5.74, 6) is -7.52. The number of imide groups is 2. The third kappa shape index (κ3) is 4.30. The molecule has 1 saturated carbocycles. The number of carbonyl (C=O) groups is 5. The maximum atomic E-state index is 14.5. The number of fused-ring (bicyclic) bond motifs is 4. The molecule has 0 aromatic heterocycles. The van der Waals surface area contributed by atoms with Gasteiger partial charge in [-0.2, -0.15) is 0 Å². The van der Waals surface area contributed by atoms with Crippen molar-refractivity contribution in [2.24, 2.45) is 29.1 Å². The Morgan fingerprint density at radius 2 is 1.60 bits per heavy atom. The molecule has 2 heterocycles. The number of carbonyl (C=O) groups excluding carboxylic acids is 4. The van der Waals surface area contributed by atoms with E-state index in [1.54, 1.807) is 32.9 Å². The number of carboxylic acid groups (broad SMARTS) is 1. The molecule has 3 aromatic carbocycles. The van der Waals surface area contributed by atoms with E-state index in [0.29, 0.717) is 16.7 Å². The van der Waals surface area contributed by atoms with Gasteiger partial charge in [0.25, 0.3) is 0 Å². The van der Waals surface area contributed by atoms with Gasteiger partial charge in [0.15, 0.2) is 0 Å². The van der Waals surface area contributed by atoms with Gasteiger partial charge >= 0.3 is 5.97 Å². The molecule has 4 aliphatic rings. The monoisotopic (exact) mass is 656 g/mol. The van der Waals surface area contributed by atoms with Crippen LogP contribution in [0.3, 0.4) is 0 Å². The van der Waals surface area contributed by atoms with E-state index >= 15 is 0 Å². The number of carboxylic acids is 1. The summed E-state index contributed by atoms with van der Waals surface area (Å²) < 4.78 is 14.1. The normalized spacial score (nSPS) is 28.3. The van der Waals surface area contributed by atoms with Gasteiger partial charge in [0.2, 0.25) is 23.6 Å². The molecular weight excluding hydrogens is 627 g/mol. The van der Waals surface area contributed by atoms with Crippen molar-refractivity contribution in [3.63, 3.8) is 0 Å². The summed E-state index contributed by atoms with van der Waals surface area (Å²) >= 11 is 6.07. The van der Waals surface area contributed by atoms with Crippen molar-refractivity contribution in [2.75, 3.05) is 9.80 Å². The van der Waals surface area contributed by atoms with E-state index in [1.807, 2.05) is 6.08 Å². The summed E-state index contributed by atoms with van der Waals surface area (Å²) in [6, 6.07) is 12.9. The number of allylic oxidation sites excluding steroid dienone is 2. The van der Waals surface area contributed by atoms with E-state index in [4.69, 9.17) is 11.6 Å². The topological polar surface area (TPSA) is 132 Å². The molecule has 2 aliphatic heterocycles. The molecule has 6 atom stereocenters. The molecule has 0 radical (unpaired) electrons. The third-order valence-corrected chi connectivity index (χ3v) is 10.9. The summed E-state index contributed by atoms with van der Waals surface area (Å²) in [6.07, 6.45) is 2.23. The summed E-state index contributed by atoms with van der Waals surface area (Å²) in [5, 5.41) is 19.9. The van der Waals surface area contributed by atoms with Crippen molar-refractivity contribution in [1.29, 1.82) is 0 Å². The maximum Gasteiger partial charge on any atom is 0.335 e. The fraction of sp³-hybridized carbons (Fsp3) is 0.306. The fourth-order valence-electron chi connectivity index (χ4n) is 8.45. The number of hydrogen-bond donors (Lipinski definition) is 2. The zero-order chi connectivity index (χ0) is 33.7. The Kier molecular flexibility index (Phi) is 6.95. The van der Waals surface area contributed by atoms with Crippen LogP contribution < -0.4 is 9.80 Å². The molecule has 240 valence electrons. The van der Waals surface area contributed by atoms with Gasteiger partial charge in [-0.25, -0.2) is 14.1 Å². The second-order valence-electron chi connectivity index (χ2n) is 13.1. The van der Waals surface area contributed by atoms with Crippen LogP contribution >= 0.6 is 11.6 Å². The van der Waals surface area contributed by atoms with E-state index in [-0.39, 0.29) is 40.6 Å². The number of phenols is 1. The van der Waals surface area contributed by atoms with Gasteiger partial charge < -0.3 is 10.2 Å². The highest BCUT2D eigenvalue weighted by Crippen LogP contribution is 2.64. The van der Waals surface area contributed by atoms with Crippen molar-refractivity contribution in [1.82, 2.24) is 0 Å². The molecule has 2 aliphatic carbocycles. The second kappa shape index (κ2) is 10.6. The van der Waals surface area contributed by atoms with Crippen LogP contribution in [0, 0.1) is 48.8 Å². The Hall–Kier alpha value is -4.83. The number of phenolic OH excluding ortho intramolecular Hbond substituents is 1. The highest BCUT2D eigenvalue weighted by Gasteiger charge is 2.67. The number of anilines is 2. The Bertz CT molecular complexity index is 1970. The first-order chi connectivity index (χ1) is 22.2. The van der Waals surface area contributed by atoms with Gasteiger partial charge in [-0.1, -0.05) is 41.4 Å². The first-order valence-corrected chi connectivity index (χ1v) is 15.7. The molecule has 3 aromatic rings. The molecular formula is C36H30ClFN2O7. The highest BCUT2D eigenvalue weighted by molar-refractivity contribution is 6.32. The minimum absolute atomic E-state index is 0.0700. The summed E-state index contributed by atoms with van der Waals surface area (Å²) in [4.78, 5) is 70.7.